The van der Waals surface area contributed by atoms with Crippen LogP contribution < -0.4 is 4.72 Å². The molecule has 1 amide bonds. The van der Waals surface area contributed by atoms with Crippen LogP contribution in [0, 0.1) is 13.8 Å². The van der Waals surface area contributed by atoms with Crippen molar-refractivity contribution < 1.29 is 17.6 Å². The smallest absolute Gasteiger partial charge is 0.300 e. The minimum absolute atomic E-state index is 0.0487. The van der Waals surface area contributed by atoms with Crippen LogP contribution in [-0.2, 0) is 10.0 Å². The monoisotopic (exact) mass is 279 g/mol. The van der Waals surface area contributed by atoms with E-state index >= 15 is 0 Å². The number of sulfonamides is 1. The van der Waals surface area contributed by atoms with Crippen molar-refractivity contribution in [1.29, 1.82) is 0 Å². The van der Waals surface area contributed by atoms with Gasteiger partial charge in [0.2, 0.25) is 0 Å². The Labute approximate surface area is 111 Å². The van der Waals surface area contributed by atoms with Gasteiger partial charge in [-0.25, -0.2) is 13.1 Å². The molecular weight excluding hydrogens is 266 g/mol. The van der Waals surface area contributed by atoms with Crippen molar-refractivity contribution >= 4 is 15.9 Å². The Morgan fingerprint density at radius 1 is 1.16 bits per heavy atom. The number of hydrogen-bond donors (Lipinski definition) is 1. The summed E-state index contributed by atoms with van der Waals surface area (Å²) >= 11 is 0. The van der Waals surface area contributed by atoms with Crippen LogP contribution in [0.4, 0.5) is 0 Å². The number of aryl methyl sites for hydroxylation is 2. The SMILES string of the molecule is Cc1ccc(S(=O)(=O)NC(=O)c2ccco2)cc1C. The van der Waals surface area contributed by atoms with Crippen molar-refractivity contribution in [2.24, 2.45) is 0 Å². The molecule has 5 nitrogen and oxygen atoms in total. The lowest BCUT2D eigenvalue weighted by Gasteiger charge is -2.07. The number of nitrogens with one attached hydrogen (secondary N) is 1. The molecule has 0 saturated carbocycles. The van der Waals surface area contributed by atoms with Crippen molar-refractivity contribution in [1.82, 2.24) is 4.72 Å². The molecule has 0 aliphatic carbocycles. The molecule has 0 spiro atoms. The molecule has 1 aromatic carbocycles. The number of hydrogen-bond acceptors (Lipinski definition) is 4. The van der Waals surface area contributed by atoms with Crippen LogP contribution in [0.15, 0.2) is 45.9 Å². The van der Waals surface area contributed by atoms with E-state index in [1.54, 1.807) is 6.07 Å². The average Bonchev–Trinajstić information content (AvgIpc) is 2.85. The lowest BCUT2D eigenvalue weighted by Crippen LogP contribution is -2.30. The van der Waals surface area contributed by atoms with Crippen molar-refractivity contribution in [2.45, 2.75) is 18.7 Å². The number of carbonyl (C=O) groups is 1. The van der Waals surface area contributed by atoms with Gasteiger partial charge < -0.3 is 4.42 Å². The van der Waals surface area contributed by atoms with Gasteiger partial charge in [-0.05, 0) is 49.2 Å². The molecule has 2 rings (SSSR count). The fourth-order valence-electron chi connectivity index (χ4n) is 1.52. The number of benzene rings is 1. The summed E-state index contributed by atoms with van der Waals surface area (Å²) in [5.41, 5.74) is 1.82. The molecule has 6 heteroatoms. The van der Waals surface area contributed by atoms with Gasteiger partial charge >= 0.3 is 5.91 Å². The second-order valence-electron chi connectivity index (χ2n) is 4.16. The Bertz CT molecular complexity index is 702. The maximum atomic E-state index is 12.0. The summed E-state index contributed by atoms with van der Waals surface area (Å²) in [5, 5.41) is 0. The van der Waals surface area contributed by atoms with Gasteiger partial charge in [0, 0.05) is 0 Å². The minimum atomic E-state index is -3.88. The second kappa shape index (κ2) is 4.89. The number of furan rings is 1. The van der Waals surface area contributed by atoms with Crippen LogP contribution in [0.1, 0.15) is 21.7 Å². The Morgan fingerprint density at radius 2 is 1.89 bits per heavy atom. The first-order chi connectivity index (χ1) is 8.90. The Morgan fingerprint density at radius 3 is 2.47 bits per heavy atom. The van der Waals surface area contributed by atoms with Crippen molar-refractivity contribution in [3.05, 3.63) is 53.5 Å². The van der Waals surface area contributed by atoms with Gasteiger partial charge in [0.15, 0.2) is 5.76 Å². The van der Waals surface area contributed by atoms with Crippen molar-refractivity contribution in [3.8, 4) is 0 Å². The van der Waals surface area contributed by atoms with Gasteiger partial charge in [-0.15, -0.1) is 0 Å². The van der Waals surface area contributed by atoms with Crippen LogP contribution >= 0.6 is 0 Å². The Kier molecular flexibility index (Phi) is 3.44. The maximum absolute atomic E-state index is 12.0. The van der Waals surface area contributed by atoms with E-state index in [9.17, 15) is 13.2 Å². The first kappa shape index (κ1) is 13.4. The molecule has 2 aromatic rings. The van der Waals surface area contributed by atoms with Crippen molar-refractivity contribution in [2.75, 3.05) is 0 Å². The number of carbonyl (C=O) groups excluding carboxylic acids is 1. The molecule has 0 radical (unpaired) electrons. The third kappa shape index (κ3) is 2.85. The predicted octanol–water partition coefficient (Wildman–Crippen LogP) is 2.02. The fourth-order valence-corrected chi connectivity index (χ4v) is 2.56. The molecule has 0 bridgehead atoms. The molecule has 0 fully saturated rings. The maximum Gasteiger partial charge on any atom is 0.300 e. The van der Waals surface area contributed by atoms with E-state index in [0.29, 0.717) is 0 Å². The summed E-state index contributed by atoms with van der Waals surface area (Å²) in [4.78, 5) is 11.7. The van der Waals surface area contributed by atoms with Gasteiger partial charge in [0.25, 0.3) is 10.0 Å². The number of amides is 1. The van der Waals surface area contributed by atoms with Crippen LogP contribution in [0.3, 0.4) is 0 Å². The van der Waals surface area contributed by atoms with E-state index in [0.717, 1.165) is 11.1 Å². The standard InChI is InChI=1S/C13H13NO4S/c1-9-5-6-11(8-10(9)2)19(16,17)14-13(15)12-4-3-7-18-12/h3-8H,1-2H3,(H,14,15). The zero-order chi connectivity index (χ0) is 14.0. The quantitative estimate of drug-likeness (QED) is 0.932. The minimum Gasteiger partial charge on any atom is -0.459 e. The van der Waals surface area contributed by atoms with Crippen LogP contribution in [0.5, 0.6) is 0 Å². The second-order valence-corrected chi connectivity index (χ2v) is 5.84. The predicted molar refractivity (Wildman–Crippen MR) is 69.3 cm³/mol. The topological polar surface area (TPSA) is 76.4 Å². The molecule has 0 aliphatic heterocycles. The van der Waals surface area contributed by atoms with Gasteiger partial charge in [-0.3, -0.25) is 4.79 Å². The van der Waals surface area contributed by atoms with Gasteiger partial charge in [-0.1, -0.05) is 6.07 Å². The largest absolute Gasteiger partial charge is 0.459 e. The molecule has 0 saturated heterocycles. The highest BCUT2D eigenvalue weighted by atomic mass is 32.2. The van der Waals surface area contributed by atoms with Gasteiger partial charge in [-0.2, -0.15) is 0 Å². The molecule has 0 aliphatic rings. The highest BCUT2D eigenvalue weighted by molar-refractivity contribution is 7.90. The van der Waals surface area contributed by atoms with E-state index in [-0.39, 0.29) is 10.7 Å². The van der Waals surface area contributed by atoms with Gasteiger partial charge in [0.05, 0.1) is 11.2 Å². The molecule has 0 unspecified atom stereocenters. The van der Waals surface area contributed by atoms with E-state index in [1.165, 1.54) is 30.5 Å². The zero-order valence-electron chi connectivity index (χ0n) is 10.5. The summed E-state index contributed by atoms with van der Waals surface area (Å²) in [6.07, 6.45) is 1.30. The highest BCUT2D eigenvalue weighted by Crippen LogP contribution is 2.15. The molecule has 0 atom stereocenters. The van der Waals surface area contributed by atoms with E-state index in [2.05, 4.69) is 0 Å². The van der Waals surface area contributed by atoms with Crippen molar-refractivity contribution in [3.63, 3.8) is 0 Å². The third-order valence-electron chi connectivity index (χ3n) is 2.76. The van der Waals surface area contributed by atoms with Crippen LogP contribution in [0.2, 0.25) is 0 Å². The Hall–Kier alpha value is -2.08. The first-order valence-corrected chi connectivity index (χ1v) is 7.06. The molecule has 1 N–H and O–H groups in total. The first-order valence-electron chi connectivity index (χ1n) is 5.58. The molecular formula is C13H13NO4S. The molecule has 19 heavy (non-hydrogen) atoms. The average molecular weight is 279 g/mol. The summed E-state index contributed by atoms with van der Waals surface area (Å²) in [5.74, 6) is -0.837. The van der Waals surface area contributed by atoms with Gasteiger partial charge in [0.1, 0.15) is 0 Å². The summed E-state index contributed by atoms with van der Waals surface area (Å²) in [6, 6.07) is 7.58. The summed E-state index contributed by atoms with van der Waals surface area (Å²) < 4.78 is 30.9. The normalized spacial score (nSPS) is 11.3. The molecule has 100 valence electrons. The number of rotatable bonds is 3. The zero-order valence-corrected chi connectivity index (χ0v) is 11.3. The molecule has 1 heterocycles. The van der Waals surface area contributed by atoms with Crippen LogP contribution in [-0.4, -0.2) is 14.3 Å². The van der Waals surface area contributed by atoms with E-state index < -0.39 is 15.9 Å². The highest BCUT2D eigenvalue weighted by Gasteiger charge is 2.20. The lowest BCUT2D eigenvalue weighted by atomic mass is 10.1. The summed E-state index contributed by atoms with van der Waals surface area (Å²) in [7, 11) is -3.88. The molecule has 1 aromatic heterocycles. The van der Waals surface area contributed by atoms with E-state index in [4.69, 9.17) is 4.42 Å². The Balaban J connectivity index is 2.28. The van der Waals surface area contributed by atoms with E-state index in [1.807, 2.05) is 18.6 Å². The fraction of sp³-hybridized carbons (Fsp3) is 0.154. The third-order valence-corrected chi connectivity index (χ3v) is 4.09. The summed E-state index contributed by atoms with van der Waals surface area (Å²) in [6.45, 7) is 3.69. The van der Waals surface area contributed by atoms with Crippen LogP contribution in [0.25, 0.3) is 0 Å². The lowest BCUT2D eigenvalue weighted by molar-refractivity contribution is 0.0954.